The Balaban J connectivity index is 2.10. The average Bonchev–Trinajstić information content (AvgIpc) is 2.69. The molecule has 2 N–H and O–H groups in total. The predicted molar refractivity (Wildman–Crippen MR) is 113 cm³/mol. The van der Waals surface area contributed by atoms with Crippen molar-refractivity contribution in [3.63, 3.8) is 0 Å². The minimum absolute atomic E-state index is 0.0468. The third-order valence-corrected chi connectivity index (χ3v) is 7.33. The molecular weight excluding hydrogens is 350 g/mol. The summed E-state index contributed by atoms with van der Waals surface area (Å²) in [6.07, 6.45) is 5.77. The van der Waals surface area contributed by atoms with Gasteiger partial charge in [0.2, 0.25) is 0 Å². The number of ketones is 1. The van der Waals surface area contributed by atoms with E-state index in [0.29, 0.717) is 12.8 Å². The Morgan fingerprint density at radius 2 is 1.68 bits per heavy atom. The molecule has 2 atom stereocenters. The van der Waals surface area contributed by atoms with Gasteiger partial charge in [0.25, 0.3) is 0 Å². The molecule has 28 heavy (non-hydrogen) atoms. The van der Waals surface area contributed by atoms with Crippen LogP contribution in [0.4, 0.5) is 0 Å². The van der Waals surface area contributed by atoms with Crippen molar-refractivity contribution in [2.24, 2.45) is 5.73 Å². The maximum Gasteiger partial charge on any atom is 0.153 e. The number of methoxy groups -OCH3 is 2. The minimum Gasteiger partial charge on any atom is -0.381 e. The van der Waals surface area contributed by atoms with Crippen LogP contribution in [0.2, 0.25) is 0 Å². The van der Waals surface area contributed by atoms with Crippen molar-refractivity contribution in [2.45, 2.75) is 94.3 Å². The Morgan fingerprint density at radius 3 is 2.25 bits per heavy atom. The van der Waals surface area contributed by atoms with E-state index < -0.39 is 5.54 Å². The fourth-order valence-corrected chi connectivity index (χ4v) is 5.35. The van der Waals surface area contributed by atoms with Gasteiger partial charge in [-0.15, -0.1) is 0 Å². The number of rotatable bonds is 4. The molecule has 3 rings (SSSR count). The summed E-state index contributed by atoms with van der Waals surface area (Å²) in [4.78, 5) is 13.3. The summed E-state index contributed by atoms with van der Waals surface area (Å²) >= 11 is 0. The molecule has 2 aliphatic rings. The topological polar surface area (TPSA) is 61.6 Å². The zero-order valence-corrected chi connectivity index (χ0v) is 18.2. The van der Waals surface area contributed by atoms with Crippen molar-refractivity contribution in [1.29, 1.82) is 0 Å². The second-order valence-electron chi connectivity index (χ2n) is 9.84. The number of Topliss-reactive ketones (excluding diaryl/α,β-unsaturated/α-hetero) is 1. The van der Waals surface area contributed by atoms with Crippen LogP contribution in [0.15, 0.2) is 24.3 Å². The lowest BCUT2D eigenvalue weighted by atomic mass is 9.53. The third-order valence-electron chi connectivity index (χ3n) is 7.33. The molecule has 2 fully saturated rings. The second-order valence-corrected chi connectivity index (χ2v) is 9.84. The van der Waals surface area contributed by atoms with Crippen LogP contribution >= 0.6 is 0 Å². The second kappa shape index (κ2) is 7.89. The smallest absolute Gasteiger partial charge is 0.153 e. The molecule has 4 nitrogen and oxygen atoms in total. The van der Waals surface area contributed by atoms with Gasteiger partial charge in [-0.1, -0.05) is 45.0 Å². The molecule has 0 aromatic heterocycles. The summed E-state index contributed by atoms with van der Waals surface area (Å²) in [7, 11) is 3.51. The maximum atomic E-state index is 13.3. The Hall–Kier alpha value is -1.23. The lowest BCUT2D eigenvalue weighted by molar-refractivity contribution is -0.135. The van der Waals surface area contributed by atoms with Gasteiger partial charge < -0.3 is 15.2 Å². The molecule has 1 aromatic carbocycles. The number of nitrogens with two attached hydrogens (primary N) is 1. The molecule has 4 heteroatoms. The van der Waals surface area contributed by atoms with Crippen LogP contribution in [0.5, 0.6) is 0 Å². The third kappa shape index (κ3) is 3.67. The van der Waals surface area contributed by atoms with Crippen LogP contribution in [-0.2, 0) is 25.1 Å². The van der Waals surface area contributed by atoms with Crippen LogP contribution in [0.25, 0.3) is 0 Å². The Bertz CT molecular complexity index is 700. The van der Waals surface area contributed by atoms with E-state index in [-0.39, 0.29) is 28.8 Å². The monoisotopic (exact) mass is 387 g/mol. The number of carbonyl (C=O) groups is 1. The van der Waals surface area contributed by atoms with Crippen LogP contribution in [-0.4, -0.2) is 37.7 Å². The lowest BCUT2D eigenvalue weighted by Crippen LogP contribution is -2.67. The molecule has 1 aromatic rings. The van der Waals surface area contributed by atoms with Gasteiger partial charge in [0.1, 0.15) is 0 Å². The number of carbonyl (C=O) groups excluding carboxylic acids is 1. The number of hydrogen-bond donors (Lipinski definition) is 1. The van der Waals surface area contributed by atoms with Gasteiger partial charge in [0.15, 0.2) is 5.78 Å². The van der Waals surface area contributed by atoms with E-state index in [0.717, 1.165) is 32.1 Å². The highest BCUT2D eigenvalue weighted by Gasteiger charge is 2.57. The predicted octanol–water partition coefficient (Wildman–Crippen LogP) is 4.28. The molecule has 0 bridgehead atoms. The summed E-state index contributed by atoms with van der Waals surface area (Å²) in [6, 6.07) is 8.79. The van der Waals surface area contributed by atoms with E-state index in [1.807, 2.05) is 0 Å². The van der Waals surface area contributed by atoms with Crippen LogP contribution in [0.3, 0.4) is 0 Å². The van der Waals surface area contributed by atoms with Gasteiger partial charge in [-0.3, -0.25) is 4.79 Å². The lowest BCUT2D eigenvalue weighted by Gasteiger charge is -2.54. The van der Waals surface area contributed by atoms with Gasteiger partial charge in [-0.25, -0.2) is 0 Å². The van der Waals surface area contributed by atoms with Crippen molar-refractivity contribution >= 4 is 5.78 Å². The van der Waals surface area contributed by atoms with Crippen LogP contribution < -0.4 is 5.73 Å². The van der Waals surface area contributed by atoms with E-state index >= 15 is 0 Å². The zero-order valence-electron chi connectivity index (χ0n) is 18.2. The van der Waals surface area contributed by atoms with E-state index in [4.69, 9.17) is 15.2 Å². The largest absolute Gasteiger partial charge is 0.381 e. The first-order valence-electron chi connectivity index (χ1n) is 10.6. The molecule has 156 valence electrons. The highest BCUT2D eigenvalue weighted by atomic mass is 16.5. The summed E-state index contributed by atoms with van der Waals surface area (Å²) in [5.41, 5.74) is 8.38. The van der Waals surface area contributed by atoms with Crippen molar-refractivity contribution in [1.82, 2.24) is 0 Å². The van der Waals surface area contributed by atoms with Gasteiger partial charge >= 0.3 is 0 Å². The number of hydrogen-bond acceptors (Lipinski definition) is 4. The molecule has 2 aliphatic carbocycles. The normalized spacial score (nSPS) is 34.4. The van der Waals surface area contributed by atoms with Gasteiger partial charge in [0.05, 0.1) is 17.7 Å². The van der Waals surface area contributed by atoms with Crippen LogP contribution in [0, 0.1) is 0 Å². The zero-order chi connectivity index (χ0) is 20.6. The van der Waals surface area contributed by atoms with Gasteiger partial charge in [-0.2, -0.15) is 0 Å². The first kappa shape index (κ1) is 21.5. The van der Waals surface area contributed by atoms with Crippen molar-refractivity contribution < 1.29 is 14.3 Å². The highest BCUT2D eigenvalue weighted by Crippen LogP contribution is 2.51. The molecule has 2 unspecified atom stereocenters. The molecule has 0 saturated heterocycles. The SMILES string of the molecule is COC1CCC(c2cccc(C(C)(C)C)c2)(C2(N)CC(OC)CCC2=O)CC1. The number of benzene rings is 1. The molecule has 0 spiro atoms. The molecular formula is C24H37NO3. The Labute approximate surface area is 170 Å². The van der Waals surface area contributed by atoms with Crippen molar-refractivity contribution in [2.75, 3.05) is 14.2 Å². The van der Waals surface area contributed by atoms with E-state index in [2.05, 4.69) is 45.0 Å². The summed E-state index contributed by atoms with van der Waals surface area (Å²) in [5.74, 6) is 0.192. The summed E-state index contributed by atoms with van der Waals surface area (Å²) in [5, 5.41) is 0. The standard InChI is InChI=1S/C24H37NO3/c1-22(2,3)17-7-6-8-18(15-17)23(13-11-19(27-4)12-14-23)24(25)16-20(28-5)9-10-21(24)26/h6-8,15,19-20H,9-14,16,25H2,1-5H3. The summed E-state index contributed by atoms with van der Waals surface area (Å²) in [6.45, 7) is 6.68. The molecule has 0 radical (unpaired) electrons. The fourth-order valence-electron chi connectivity index (χ4n) is 5.35. The van der Waals surface area contributed by atoms with Gasteiger partial charge in [-0.05, 0) is 55.1 Å². The fraction of sp³-hybridized carbons (Fsp3) is 0.708. The molecule has 0 amide bonds. The minimum atomic E-state index is -0.888. The first-order chi connectivity index (χ1) is 13.2. The molecule has 0 heterocycles. The maximum absolute atomic E-state index is 13.3. The van der Waals surface area contributed by atoms with E-state index in [1.165, 1.54) is 11.1 Å². The molecule has 0 aliphatic heterocycles. The Morgan fingerprint density at radius 1 is 1.04 bits per heavy atom. The highest BCUT2D eigenvalue weighted by molar-refractivity contribution is 5.91. The van der Waals surface area contributed by atoms with Crippen molar-refractivity contribution in [3.8, 4) is 0 Å². The van der Waals surface area contributed by atoms with Gasteiger partial charge in [0, 0.05) is 26.1 Å². The summed E-state index contributed by atoms with van der Waals surface area (Å²) < 4.78 is 11.3. The average molecular weight is 388 g/mol. The van der Waals surface area contributed by atoms with E-state index in [9.17, 15) is 4.79 Å². The molecule has 2 saturated carbocycles. The van der Waals surface area contributed by atoms with E-state index in [1.54, 1.807) is 14.2 Å². The first-order valence-corrected chi connectivity index (χ1v) is 10.6. The quantitative estimate of drug-likeness (QED) is 0.838. The Kier molecular flexibility index (Phi) is 6.05. The van der Waals surface area contributed by atoms with Crippen molar-refractivity contribution in [3.05, 3.63) is 35.4 Å². The van der Waals surface area contributed by atoms with Crippen LogP contribution in [0.1, 0.15) is 76.8 Å². The number of ether oxygens (including phenoxy) is 2.